The van der Waals surface area contributed by atoms with Crippen LogP contribution in [0.2, 0.25) is 0 Å². The van der Waals surface area contributed by atoms with E-state index in [1.54, 1.807) is 6.20 Å². The molecule has 1 N–H and O–H groups in total. The minimum Gasteiger partial charge on any atom is -0.469 e. The summed E-state index contributed by atoms with van der Waals surface area (Å²) >= 11 is 0. The number of nitrogens with one attached hydrogen (secondary N) is 1. The first kappa shape index (κ1) is 15.2. The lowest BCUT2D eigenvalue weighted by atomic mass is 9.99. The number of methoxy groups -OCH3 is 1. The second-order valence-corrected chi connectivity index (χ2v) is 4.87. The fourth-order valence-electron chi connectivity index (χ4n) is 2.20. The van der Waals surface area contributed by atoms with Gasteiger partial charge in [-0.3, -0.25) is 9.78 Å². The number of carbonyl (C=O) groups excluding carboxylic acids is 1. The number of pyridine rings is 1. The molecule has 1 heterocycles. The molecule has 0 aliphatic heterocycles. The largest absolute Gasteiger partial charge is 0.469 e. The second-order valence-electron chi connectivity index (χ2n) is 4.87. The number of carbonyl (C=O) groups is 1. The van der Waals surface area contributed by atoms with Crippen molar-refractivity contribution >= 4 is 5.97 Å². The molecule has 2 aromatic rings. The highest BCUT2D eigenvalue weighted by molar-refractivity contribution is 5.78. The SMILES string of the molecule is COC(=O)C(CN[C@@H](C)c1ccccn1)c1ccccc1. The van der Waals surface area contributed by atoms with Gasteiger partial charge in [0.15, 0.2) is 0 Å². The summed E-state index contributed by atoms with van der Waals surface area (Å²) < 4.78 is 4.91. The van der Waals surface area contributed by atoms with Crippen molar-refractivity contribution in [1.82, 2.24) is 10.3 Å². The minimum absolute atomic E-state index is 0.0714. The molecule has 21 heavy (non-hydrogen) atoms. The number of ether oxygens (including phenoxy) is 1. The Balaban J connectivity index is 2.05. The maximum atomic E-state index is 12.0. The van der Waals surface area contributed by atoms with E-state index in [0.29, 0.717) is 6.54 Å². The van der Waals surface area contributed by atoms with Gasteiger partial charge in [-0.05, 0) is 24.6 Å². The third kappa shape index (κ3) is 4.13. The molecule has 2 atom stereocenters. The van der Waals surface area contributed by atoms with Crippen LogP contribution in [0.1, 0.15) is 30.1 Å². The molecule has 0 radical (unpaired) electrons. The molecule has 4 heteroatoms. The lowest BCUT2D eigenvalue weighted by Crippen LogP contribution is -2.30. The summed E-state index contributed by atoms with van der Waals surface area (Å²) in [5.74, 6) is -0.552. The highest BCUT2D eigenvalue weighted by atomic mass is 16.5. The number of aromatic nitrogens is 1. The van der Waals surface area contributed by atoms with Crippen LogP contribution < -0.4 is 5.32 Å². The number of hydrogen-bond donors (Lipinski definition) is 1. The molecular formula is C17H20N2O2. The van der Waals surface area contributed by atoms with Gasteiger partial charge >= 0.3 is 5.97 Å². The number of esters is 1. The van der Waals surface area contributed by atoms with Gasteiger partial charge in [0.1, 0.15) is 0 Å². The molecule has 1 aromatic heterocycles. The molecule has 0 amide bonds. The van der Waals surface area contributed by atoms with Crippen molar-refractivity contribution in [2.45, 2.75) is 18.9 Å². The Kier molecular flexibility index (Phi) is 5.46. The predicted octanol–water partition coefficient (Wildman–Crippen LogP) is 2.69. The van der Waals surface area contributed by atoms with Crippen LogP contribution in [-0.2, 0) is 9.53 Å². The molecule has 0 aliphatic rings. The van der Waals surface area contributed by atoms with Crippen LogP contribution in [0.5, 0.6) is 0 Å². The Morgan fingerprint density at radius 3 is 2.52 bits per heavy atom. The standard InChI is InChI=1S/C17H20N2O2/c1-13(16-10-6-7-11-18-16)19-12-15(17(20)21-2)14-8-4-3-5-9-14/h3-11,13,15,19H,12H2,1-2H3/t13-,15?/m0/s1. The summed E-state index contributed by atoms with van der Waals surface area (Å²) in [6.45, 7) is 2.54. The van der Waals surface area contributed by atoms with Crippen LogP contribution in [-0.4, -0.2) is 24.6 Å². The summed E-state index contributed by atoms with van der Waals surface area (Å²) in [5.41, 5.74) is 1.90. The fourth-order valence-corrected chi connectivity index (χ4v) is 2.20. The van der Waals surface area contributed by atoms with Crippen LogP contribution in [0, 0.1) is 0 Å². The highest BCUT2D eigenvalue weighted by Gasteiger charge is 2.22. The van der Waals surface area contributed by atoms with E-state index in [9.17, 15) is 4.79 Å². The average Bonchev–Trinajstić information content (AvgIpc) is 2.56. The van der Waals surface area contributed by atoms with E-state index >= 15 is 0 Å². The van der Waals surface area contributed by atoms with Crippen molar-refractivity contribution in [2.24, 2.45) is 0 Å². The molecule has 0 bridgehead atoms. The van der Waals surface area contributed by atoms with E-state index in [2.05, 4.69) is 10.3 Å². The van der Waals surface area contributed by atoms with Crippen molar-refractivity contribution in [3.05, 3.63) is 66.0 Å². The maximum Gasteiger partial charge on any atom is 0.314 e. The molecule has 0 saturated heterocycles. The Hall–Kier alpha value is -2.20. The van der Waals surface area contributed by atoms with E-state index in [1.807, 2.05) is 55.5 Å². The van der Waals surface area contributed by atoms with Gasteiger partial charge in [0.2, 0.25) is 0 Å². The van der Waals surface area contributed by atoms with Gasteiger partial charge < -0.3 is 10.1 Å². The van der Waals surface area contributed by atoms with Gasteiger partial charge in [-0.25, -0.2) is 0 Å². The highest BCUT2D eigenvalue weighted by Crippen LogP contribution is 2.18. The number of nitrogens with zero attached hydrogens (tertiary/aromatic N) is 1. The van der Waals surface area contributed by atoms with Crippen molar-refractivity contribution in [1.29, 1.82) is 0 Å². The number of hydrogen-bond acceptors (Lipinski definition) is 4. The van der Waals surface area contributed by atoms with E-state index in [1.165, 1.54) is 7.11 Å². The van der Waals surface area contributed by atoms with Crippen molar-refractivity contribution < 1.29 is 9.53 Å². The third-order valence-electron chi connectivity index (χ3n) is 3.45. The molecule has 0 aliphatic carbocycles. The number of benzene rings is 1. The molecule has 1 aromatic carbocycles. The molecule has 4 nitrogen and oxygen atoms in total. The zero-order valence-corrected chi connectivity index (χ0v) is 12.3. The third-order valence-corrected chi connectivity index (χ3v) is 3.45. The van der Waals surface area contributed by atoms with Gasteiger partial charge in [-0.1, -0.05) is 36.4 Å². The lowest BCUT2D eigenvalue weighted by molar-refractivity contribution is -0.142. The summed E-state index contributed by atoms with van der Waals surface area (Å²) in [5, 5.41) is 3.35. The minimum atomic E-state index is -0.317. The Labute approximate surface area is 125 Å². The molecule has 1 unspecified atom stereocenters. The normalized spacial score (nSPS) is 13.4. The summed E-state index contributed by atoms with van der Waals surface area (Å²) in [6, 6.07) is 15.5. The van der Waals surface area contributed by atoms with Crippen molar-refractivity contribution in [3.63, 3.8) is 0 Å². The maximum absolute atomic E-state index is 12.0. The smallest absolute Gasteiger partial charge is 0.314 e. The fraction of sp³-hybridized carbons (Fsp3) is 0.294. The average molecular weight is 284 g/mol. The molecule has 2 rings (SSSR count). The zero-order valence-electron chi connectivity index (χ0n) is 12.3. The van der Waals surface area contributed by atoms with Crippen molar-refractivity contribution in [3.8, 4) is 0 Å². The van der Waals surface area contributed by atoms with Gasteiger partial charge in [-0.15, -0.1) is 0 Å². The quantitative estimate of drug-likeness (QED) is 0.829. The summed E-state index contributed by atoms with van der Waals surface area (Å²) in [7, 11) is 1.42. The van der Waals surface area contributed by atoms with Gasteiger partial charge in [0, 0.05) is 18.8 Å². The zero-order chi connectivity index (χ0) is 15.1. The van der Waals surface area contributed by atoms with E-state index in [-0.39, 0.29) is 17.9 Å². The Morgan fingerprint density at radius 1 is 1.19 bits per heavy atom. The van der Waals surface area contributed by atoms with Gasteiger partial charge in [0.05, 0.1) is 18.7 Å². The molecule has 0 saturated carbocycles. The Bertz CT molecular complexity index is 558. The summed E-state index contributed by atoms with van der Waals surface area (Å²) in [4.78, 5) is 16.3. The molecule has 110 valence electrons. The second kappa shape index (κ2) is 7.55. The van der Waals surface area contributed by atoms with Gasteiger partial charge in [0.25, 0.3) is 0 Å². The van der Waals surface area contributed by atoms with Crippen LogP contribution in [0.15, 0.2) is 54.7 Å². The van der Waals surface area contributed by atoms with Crippen LogP contribution in [0.25, 0.3) is 0 Å². The topological polar surface area (TPSA) is 51.2 Å². The lowest BCUT2D eigenvalue weighted by Gasteiger charge is -2.19. The van der Waals surface area contributed by atoms with E-state index < -0.39 is 0 Å². The molecule has 0 fully saturated rings. The first-order valence-electron chi connectivity index (χ1n) is 6.99. The van der Waals surface area contributed by atoms with Crippen molar-refractivity contribution in [2.75, 3.05) is 13.7 Å². The monoisotopic (exact) mass is 284 g/mol. The number of rotatable bonds is 6. The predicted molar refractivity (Wildman–Crippen MR) is 81.9 cm³/mol. The molecular weight excluding hydrogens is 264 g/mol. The van der Waals surface area contributed by atoms with Crippen LogP contribution in [0.4, 0.5) is 0 Å². The van der Waals surface area contributed by atoms with Gasteiger partial charge in [-0.2, -0.15) is 0 Å². The van der Waals surface area contributed by atoms with E-state index in [4.69, 9.17) is 4.74 Å². The van der Waals surface area contributed by atoms with E-state index in [0.717, 1.165) is 11.3 Å². The first-order chi connectivity index (χ1) is 10.2. The summed E-state index contributed by atoms with van der Waals surface area (Å²) in [6.07, 6.45) is 1.77. The van der Waals surface area contributed by atoms with Crippen LogP contribution in [0.3, 0.4) is 0 Å². The first-order valence-corrected chi connectivity index (χ1v) is 6.99. The molecule has 0 spiro atoms. The van der Waals surface area contributed by atoms with Crippen LogP contribution >= 0.6 is 0 Å². The Morgan fingerprint density at radius 2 is 1.90 bits per heavy atom.